The number of hydrogen-bond acceptors (Lipinski definition) is 0. The van der Waals surface area contributed by atoms with Crippen LogP contribution < -0.4 is 0 Å². The molecule has 2 rings (SSSR count). The lowest BCUT2D eigenvalue weighted by Gasteiger charge is -2.45. The second-order valence-corrected chi connectivity index (χ2v) is 8.53. The van der Waals surface area contributed by atoms with Crippen molar-refractivity contribution in [3.8, 4) is 0 Å². The predicted octanol–water partition coefficient (Wildman–Crippen LogP) is 7.78. The smallest absolute Gasteiger partial charge is 0.0196 e. The van der Waals surface area contributed by atoms with Crippen molar-refractivity contribution in [3.63, 3.8) is 0 Å². The third-order valence-electron chi connectivity index (χ3n) is 7.61. The summed E-state index contributed by atoms with van der Waals surface area (Å²) in [6.07, 6.45) is 22.4. The molecule has 0 aliphatic heterocycles. The molecule has 0 aromatic carbocycles. The number of fused-ring (bicyclic) bond motifs is 2. The van der Waals surface area contributed by atoms with Gasteiger partial charge in [-0.15, -0.1) is 0 Å². The molecule has 0 N–H and O–H groups in total. The molecule has 0 amide bonds. The Bertz CT molecular complexity index is 341. The van der Waals surface area contributed by atoms with Crippen LogP contribution in [0.2, 0.25) is 0 Å². The van der Waals surface area contributed by atoms with Crippen LogP contribution in [-0.4, -0.2) is 0 Å². The Morgan fingerprint density at radius 3 is 2.00 bits per heavy atom. The maximum Gasteiger partial charge on any atom is -0.0196 e. The van der Waals surface area contributed by atoms with Gasteiger partial charge in [0.25, 0.3) is 0 Å². The van der Waals surface area contributed by atoms with Gasteiger partial charge in [0.1, 0.15) is 0 Å². The highest BCUT2D eigenvalue weighted by atomic mass is 14.5. The molecule has 0 aromatic rings. The molecule has 1 fully saturated rings. The van der Waals surface area contributed by atoms with E-state index in [1.54, 1.807) is 0 Å². The van der Waals surface area contributed by atoms with Gasteiger partial charge in [-0.3, -0.25) is 0 Å². The Hall–Kier alpha value is -0.260. The maximum absolute atomic E-state index is 2.58. The predicted molar refractivity (Wildman–Crippen MR) is 104 cm³/mol. The Morgan fingerprint density at radius 2 is 1.48 bits per heavy atom. The van der Waals surface area contributed by atoms with Gasteiger partial charge >= 0.3 is 0 Å². The maximum atomic E-state index is 2.58. The molecule has 2 aliphatic rings. The average Bonchev–Trinajstić information content (AvgIpc) is 3.21. The zero-order chi connectivity index (χ0) is 16.7. The molecule has 2 aliphatic carbocycles. The lowest BCUT2D eigenvalue weighted by Crippen LogP contribution is -2.36. The van der Waals surface area contributed by atoms with Gasteiger partial charge < -0.3 is 0 Å². The number of unbranched alkanes of at least 4 members (excludes halogenated alkanes) is 5. The van der Waals surface area contributed by atoms with E-state index in [9.17, 15) is 0 Å². The fourth-order valence-corrected chi connectivity index (χ4v) is 5.94. The van der Waals surface area contributed by atoms with Gasteiger partial charge in [-0.25, -0.2) is 0 Å². The Kier molecular flexibility index (Phi) is 7.70. The Balaban J connectivity index is 1.96. The fourth-order valence-electron chi connectivity index (χ4n) is 5.94. The lowest BCUT2D eigenvalue weighted by atomic mass is 9.60. The van der Waals surface area contributed by atoms with Crippen LogP contribution in [0.5, 0.6) is 0 Å². The second-order valence-electron chi connectivity index (χ2n) is 8.53. The molecule has 0 aromatic heterocycles. The summed E-state index contributed by atoms with van der Waals surface area (Å²) in [5.41, 5.74) is 0.617. The SMILES string of the molecule is CCCCCCCCC(C1CC2C=CC1C2)C(CC)(CC)CC. The van der Waals surface area contributed by atoms with Gasteiger partial charge in [-0.1, -0.05) is 97.6 Å². The van der Waals surface area contributed by atoms with Crippen molar-refractivity contribution in [2.75, 3.05) is 0 Å². The zero-order valence-electron chi connectivity index (χ0n) is 16.4. The first kappa shape index (κ1) is 19.1. The van der Waals surface area contributed by atoms with Gasteiger partial charge in [0.15, 0.2) is 0 Å². The highest BCUT2D eigenvalue weighted by Crippen LogP contribution is 2.55. The molecule has 0 spiro atoms. The van der Waals surface area contributed by atoms with Crippen molar-refractivity contribution in [2.45, 2.75) is 105 Å². The molecule has 134 valence electrons. The van der Waals surface area contributed by atoms with Crippen LogP contribution in [0.15, 0.2) is 12.2 Å². The van der Waals surface area contributed by atoms with Crippen molar-refractivity contribution in [1.82, 2.24) is 0 Å². The van der Waals surface area contributed by atoms with Gasteiger partial charge in [0.05, 0.1) is 0 Å². The quantitative estimate of drug-likeness (QED) is 0.254. The van der Waals surface area contributed by atoms with Crippen molar-refractivity contribution < 1.29 is 0 Å². The average molecular weight is 319 g/mol. The van der Waals surface area contributed by atoms with Crippen molar-refractivity contribution >= 4 is 0 Å². The number of rotatable bonds is 12. The van der Waals surface area contributed by atoms with Crippen LogP contribution in [-0.2, 0) is 0 Å². The van der Waals surface area contributed by atoms with Crippen LogP contribution in [0.1, 0.15) is 105 Å². The fraction of sp³-hybridized carbons (Fsp3) is 0.913. The first-order valence-electron chi connectivity index (χ1n) is 10.9. The van der Waals surface area contributed by atoms with E-state index in [0.717, 1.165) is 23.7 Å². The van der Waals surface area contributed by atoms with Crippen LogP contribution in [0.3, 0.4) is 0 Å². The van der Waals surface area contributed by atoms with E-state index in [4.69, 9.17) is 0 Å². The monoisotopic (exact) mass is 318 g/mol. The van der Waals surface area contributed by atoms with E-state index in [-0.39, 0.29) is 0 Å². The highest BCUT2D eigenvalue weighted by Gasteiger charge is 2.46. The minimum atomic E-state index is 0.617. The molecule has 0 heteroatoms. The summed E-state index contributed by atoms with van der Waals surface area (Å²) in [5, 5.41) is 0. The second kappa shape index (κ2) is 9.28. The van der Waals surface area contributed by atoms with Crippen LogP contribution in [0.4, 0.5) is 0 Å². The summed E-state index contributed by atoms with van der Waals surface area (Å²) in [6.45, 7) is 9.70. The minimum absolute atomic E-state index is 0.617. The normalized spacial score (nSPS) is 27.7. The number of allylic oxidation sites excluding steroid dienone is 2. The standard InChI is InChI=1S/C23H42/c1-5-9-10-11-12-13-14-22(23(6-2,7-3)8-4)21-18-19-15-16-20(21)17-19/h15-16,19-22H,5-14,17-18H2,1-4H3. The molecule has 0 heterocycles. The van der Waals surface area contributed by atoms with E-state index >= 15 is 0 Å². The number of hydrogen-bond donors (Lipinski definition) is 0. The molecule has 1 saturated carbocycles. The summed E-state index contributed by atoms with van der Waals surface area (Å²) in [6, 6.07) is 0. The van der Waals surface area contributed by atoms with Crippen molar-refractivity contribution in [1.29, 1.82) is 0 Å². The van der Waals surface area contributed by atoms with E-state index in [1.165, 1.54) is 77.0 Å². The first-order valence-corrected chi connectivity index (χ1v) is 10.9. The molecule has 0 saturated heterocycles. The van der Waals surface area contributed by atoms with E-state index in [0.29, 0.717) is 5.41 Å². The molecule has 2 bridgehead atoms. The van der Waals surface area contributed by atoms with E-state index in [1.807, 2.05) is 0 Å². The summed E-state index contributed by atoms with van der Waals surface area (Å²) < 4.78 is 0. The molecular formula is C23H42. The van der Waals surface area contributed by atoms with Gasteiger partial charge in [-0.05, 0) is 48.3 Å². The van der Waals surface area contributed by atoms with Crippen molar-refractivity contribution in [3.05, 3.63) is 12.2 Å². The summed E-state index contributed by atoms with van der Waals surface area (Å²) in [7, 11) is 0. The molecule has 23 heavy (non-hydrogen) atoms. The first-order chi connectivity index (χ1) is 11.2. The van der Waals surface area contributed by atoms with Gasteiger partial charge in [0, 0.05) is 0 Å². The highest BCUT2D eigenvalue weighted by molar-refractivity contribution is 5.12. The topological polar surface area (TPSA) is 0 Å². The summed E-state index contributed by atoms with van der Waals surface area (Å²) >= 11 is 0. The Morgan fingerprint density at radius 1 is 0.826 bits per heavy atom. The van der Waals surface area contributed by atoms with E-state index < -0.39 is 0 Å². The lowest BCUT2D eigenvalue weighted by molar-refractivity contribution is 0.0584. The summed E-state index contributed by atoms with van der Waals surface area (Å²) in [4.78, 5) is 0. The van der Waals surface area contributed by atoms with Gasteiger partial charge in [-0.2, -0.15) is 0 Å². The molecule has 4 atom stereocenters. The van der Waals surface area contributed by atoms with Gasteiger partial charge in [0.2, 0.25) is 0 Å². The zero-order valence-corrected chi connectivity index (χ0v) is 16.4. The minimum Gasteiger partial charge on any atom is -0.0851 e. The molecule has 0 nitrogen and oxygen atoms in total. The molecule has 0 radical (unpaired) electrons. The largest absolute Gasteiger partial charge is 0.0851 e. The third-order valence-corrected chi connectivity index (χ3v) is 7.61. The van der Waals surface area contributed by atoms with Crippen LogP contribution >= 0.6 is 0 Å². The van der Waals surface area contributed by atoms with Crippen molar-refractivity contribution in [2.24, 2.45) is 29.1 Å². The Labute approximate surface area is 146 Å². The van der Waals surface area contributed by atoms with Crippen LogP contribution in [0, 0.1) is 29.1 Å². The molecule has 4 unspecified atom stereocenters. The van der Waals surface area contributed by atoms with E-state index in [2.05, 4.69) is 39.8 Å². The summed E-state index contributed by atoms with van der Waals surface area (Å²) in [5.74, 6) is 3.84. The third kappa shape index (κ3) is 4.43. The van der Waals surface area contributed by atoms with Crippen LogP contribution in [0.25, 0.3) is 0 Å². The molecular weight excluding hydrogens is 276 g/mol.